The van der Waals surface area contributed by atoms with E-state index in [1.807, 2.05) is 17.2 Å². The van der Waals surface area contributed by atoms with Gasteiger partial charge in [-0.05, 0) is 12.8 Å². The fourth-order valence-electron chi connectivity index (χ4n) is 1.99. The third-order valence-corrected chi connectivity index (χ3v) is 4.33. The van der Waals surface area contributed by atoms with Crippen LogP contribution in [-0.4, -0.2) is 16.3 Å². The fraction of sp³-hybridized carbons (Fsp3) is 0.636. The van der Waals surface area contributed by atoms with Gasteiger partial charge in [-0.3, -0.25) is 10.2 Å². The van der Waals surface area contributed by atoms with Crippen LogP contribution in [0.25, 0.3) is 0 Å². The average molecular weight is 255 g/mol. The molecule has 1 aromatic heterocycles. The van der Waals surface area contributed by atoms with Gasteiger partial charge < -0.3 is 4.52 Å². The Labute approximate surface area is 104 Å². The molecule has 3 N–H and O–H groups in total. The summed E-state index contributed by atoms with van der Waals surface area (Å²) < 4.78 is 5.09. The molecule has 94 valence electrons. The van der Waals surface area contributed by atoms with Crippen LogP contribution in [0.5, 0.6) is 0 Å². The van der Waals surface area contributed by atoms with E-state index in [9.17, 15) is 4.79 Å². The number of carbonyl (C=O) groups excluding carboxylic acids is 1. The number of carbonyl (C=O) groups is 1. The average Bonchev–Trinajstić information content (AvgIpc) is 2.85. The van der Waals surface area contributed by atoms with Gasteiger partial charge >= 0.3 is 0 Å². The van der Waals surface area contributed by atoms with Gasteiger partial charge in [0.25, 0.3) is 5.91 Å². The minimum Gasteiger partial charge on any atom is -0.360 e. The Balaban J connectivity index is 1.82. The van der Waals surface area contributed by atoms with Crippen LogP contribution in [0.3, 0.4) is 0 Å². The number of hydrogen-bond acceptors (Lipinski definition) is 5. The first-order valence-electron chi connectivity index (χ1n) is 5.87. The van der Waals surface area contributed by atoms with Crippen LogP contribution in [0.1, 0.15) is 48.4 Å². The van der Waals surface area contributed by atoms with Gasteiger partial charge in [-0.2, -0.15) is 11.8 Å². The van der Waals surface area contributed by atoms with Crippen LogP contribution in [0, 0.1) is 0 Å². The normalized spacial score (nSPS) is 17.0. The molecule has 1 aromatic rings. The zero-order chi connectivity index (χ0) is 12.1. The highest BCUT2D eigenvalue weighted by Gasteiger charge is 2.16. The second-order valence-electron chi connectivity index (χ2n) is 4.22. The molecular formula is C11H17N3O2S. The molecule has 5 nitrogen and oxygen atoms in total. The van der Waals surface area contributed by atoms with Crippen LogP contribution in [0.4, 0.5) is 0 Å². The topological polar surface area (TPSA) is 81.1 Å². The van der Waals surface area contributed by atoms with Crippen molar-refractivity contribution in [2.45, 2.75) is 43.1 Å². The molecular weight excluding hydrogens is 238 g/mol. The van der Waals surface area contributed by atoms with Gasteiger partial charge in [-0.1, -0.05) is 24.4 Å². The number of nitrogens with zero attached hydrogens (tertiary/aromatic N) is 1. The molecule has 0 spiro atoms. The number of thioether (sulfide) groups is 1. The van der Waals surface area contributed by atoms with E-state index < -0.39 is 5.91 Å². The second kappa shape index (κ2) is 6.07. The maximum absolute atomic E-state index is 11.2. The molecule has 0 saturated heterocycles. The van der Waals surface area contributed by atoms with E-state index in [-0.39, 0.29) is 5.69 Å². The minimum absolute atomic E-state index is 0.242. The summed E-state index contributed by atoms with van der Waals surface area (Å²) in [6, 6.07) is 1.65. The smallest absolute Gasteiger partial charge is 0.287 e. The van der Waals surface area contributed by atoms with Gasteiger partial charge in [-0.15, -0.1) is 0 Å². The molecule has 2 rings (SSSR count). The Morgan fingerprint density at radius 2 is 2.29 bits per heavy atom. The Kier molecular flexibility index (Phi) is 4.44. The first-order valence-corrected chi connectivity index (χ1v) is 6.92. The van der Waals surface area contributed by atoms with Crippen LogP contribution >= 0.6 is 11.8 Å². The van der Waals surface area contributed by atoms with Crippen molar-refractivity contribution in [2.75, 3.05) is 0 Å². The third kappa shape index (κ3) is 3.47. The number of hydrogen-bond donors (Lipinski definition) is 2. The number of amides is 1. The van der Waals surface area contributed by atoms with E-state index in [0.29, 0.717) is 0 Å². The van der Waals surface area contributed by atoms with Gasteiger partial charge in [-0.25, -0.2) is 5.84 Å². The summed E-state index contributed by atoms with van der Waals surface area (Å²) >= 11 is 1.89. The molecule has 0 unspecified atom stereocenters. The molecule has 0 atom stereocenters. The molecule has 0 bridgehead atoms. The van der Waals surface area contributed by atoms with Crippen molar-refractivity contribution in [1.29, 1.82) is 0 Å². The Morgan fingerprint density at radius 3 is 3.00 bits per heavy atom. The number of nitrogens with two attached hydrogens (primary N) is 1. The van der Waals surface area contributed by atoms with Crippen LogP contribution in [0.15, 0.2) is 10.6 Å². The molecule has 17 heavy (non-hydrogen) atoms. The van der Waals surface area contributed by atoms with Crippen LogP contribution in [-0.2, 0) is 5.75 Å². The lowest BCUT2D eigenvalue weighted by Gasteiger charge is -2.20. The third-order valence-electron chi connectivity index (χ3n) is 2.94. The van der Waals surface area contributed by atoms with E-state index in [1.165, 1.54) is 32.1 Å². The monoisotopic (exact) mass is 255 g/mol. The quantitative estimate of drug-likeness (QED) is 0.487. The molecule has 1 aliphatic rings. The lowest BCUT2D eigenvalue weighted by molar-refractivity contribution is 0.0944. The number of rotatable bonds is 4. The highest BCUT2D eigenvalue weighted by molar-refractivity contribution is 7.99. The predicted octanol–water partition coefficient (Wildman–Crippen LogP) is 1.84. The first-order chi connectivity index (χ1) is 8.29. The zero-order valence-electron chi connectivity index (χ0n) is 9.65. The van der Waals surface area contributed by atoms with Gasteiger partial charge in [0.05, 0.1) is 5.75 Å². The maximum Gasteiger partial charge on any atom is 0.287 e. The second-order valence-corrected chi connectivity index (χ2v) is 5.51. The van der Waals surface area contributed by atoms with E-state index >= 15 is 0 Å². The highest BCUT2D eigenvalue weighted by atomic mass is 32.2. The molecule has 6 heteroatoms. The standard InChI is InChI=1S/C11H17N3O2S/c12-13-11(15)10-6-8(16-14-10)7-17-9-4-2-1-3-5-9/h6,9H,1-5,7,12H2,(H,13,15). The molecule has 1 fully saturated rings. The summed E-state index contributed by atoms with van der Waals surface area (Å²) in [6.07, 6.45) is 6.59. The molecule has 1 amide bonds. The summed E-state index contributed by atoms with van der Waals surface area (Å²) in [5.74, 6) is 6.11. The van der Waals surface area contributed by atoms with E-state index in [1.54, 1.807) is 6.07 Å². The maximum atomic E-state index is 11.2. The van der Waals surface area contributed by atoms with Crippen LogP contribution < -0.4 is 11.3 Å². The van der Waals surface area contributed by atoms with E-state index in [4.69, 9.17) is 10.4 Å². The van der Waals surface area contributed by atoms with Crippen molar-refractivity contribution in [1.82, 2.24) is 10.6 Å². The lowest BCUT2D eigenvalue weighted by Crippen LogP contribution is -2.30. The molecule has 0 radical (unpaired) electrons. The summed E-state index contributed by atoms with van der Waals surface area (Å²) in [7, 11) is 0. The number of nitrogens with one attached hydrogen (secondary N) is 1. The molecule has 0 aliphatic heterocycles. The van der Waals surface area contributed by atoms with Crippen LogP contribution in [0.2, 0.25) is 0 Å². The van der Waals surface area contributed by atoms with Gasteiger partial charge in [0.2, 0.25) is 0 Å². The van der Waals surface area contributed by atoms with E-state index in [0.717, 1.165) is 16.8 Å². The predicted molar refractivity (Wildman–Crippen MR) is 66.3 cm³/mol. The fourth-order valence-corrected chi connectivity index (χ4v) is 3.20. The summed E-state index contributed by atoms with van der Waals surface area (Å²) in [6.45, 7) is 0. The van der Waals surface area contributed by atoms with Crippen molar-refractivity contribution in [3.8, 4) is 0 Å². The summed E-state index contributed by atoms with van der Waals surface area (Å²) in [5.41, 5.74) is 2.27. The molecule has 1 aliphatic carbocycles. The van der Waals surface area contributed by atoms with Gasteiger partial charge in [0.1, 0.15) is 5.76 Å². The number of aromatic nitrogens is 1. The van der Waals surface area contributed by atoms with Crippen molar-refractivity contribution in [3.63, 3.8) is 0 Å². The largest absolute Gasteiger partial charge is 0.360 e. The van der Waals surface area contributed by atoms with Gasteiger partial charge in [0.15, 0.2) is 5.69 Å². The SMILES string of the molecule is NNC(=O)c1cc(CSC2CCCCC2)on1. The lowest BCUT2D eigenvalue weighted by atomic mass is 10.0. The molecule has 1 saturated carbocycles. The Morgan fingerprint density at radius 1 is 1.53 bits per heavy atom. The van der Waals surface area contributed by atoms with Crippen molar-refractivity contribution in [3.05, 3.63) is 17.5 Å². The van der Waals surface area contributed by atoms with Crippen molar-refractivity contribution in [2.24, 2.45) is 5.84 Å². The molecule has 1 heterocycles. The molecule has 0 aromatic carbocycles. The summed E-state index contributed by atoms with van der Waals surface area (Å²) in [4.78, 5) is 11.2. The summed E-state index contributed by atoms with van der Waals surface area (Å²) in [5, 5.41) is 4.39. The van der Waals surface area contributed by atoms with Crippen molar-refractivity contribution < 1.29 is 9.32 Å². The zero-order valence-corrected chi connectivity index (χ0v) is 10.5. The number of nitrogen functional groups attached to an aromatic ring is 1. The Bertz CT molecular complexity index is 375. The number of hydrazine groups is 1. The first kappa shape index (κ1) is 12.4. The highest BCUT2D eigenvalue weighted by Crippen LogP contribution is 2.30. The van der Waals surface area contributed by atoms with Gasteiger partial charge in [0, 0.05) is 11.3 Å². The Hall–Kier alpha value is -1.01. The minimum atomic E-state index is -0.414. The van der Waals surface area contributed by atoms with E-state index in [2.05, 4.69) is 5.16 Å². The van der Waals surface area contributed by atoms with Crippen molar-refractivity contribution >= 4 is 17.7 Å².